The molecule has 0 atom stereocenters. The second kappa shape index (κ2) is 15.6. The molecule has 0 bridgehead atoms. The molecule has 6 rings (SSSR count). The summed E-state index contributed by atoms with van der Waals surface area (Å²) in [5, 5.41) is 4.52. The lowest BCUT2D eigenvalue weighted by Crippen LogP contribution is -2.48. The molecule has 1 aliphatic rings. The fourth-order valence-electron chi connectivity index (χ4n) is 5.46. The molecule has 2 N–H and O–H groups in total. The Bertz CT molecular complexity index is 2220. The molecule has 0 amide bonds. The van der Waals surface area contributed by atoms with Crippen LogP contribution in [-0.2, 0) is 33.1 Å². The van der Waals surface area contributed by atoms with Crippen LogP contribution >= 0.6 is 0 Å². The standard InChI is InChI=1S/C26H32N8O4S.C7H8O3S/c1-4-21-22-23(31-34(21)17-18-9-7-8-10-27-18)25(35)30-24(29-22)20-15-19(16-28-26(20)38-6-3)39(36,37)33-13-11-32(5-2)12-14-33;1-6-2-4-7(5-3-6)11(8,9)10/h7-10,15-16H,4-6,11-14,17H2,1-3H3,(H,29,30,35);2-5H,1H3,(H,8,9,10). The molecule has 0 spiro atoms. The number of nitrogens with one attached hydrogen (secondary N) is 1. The van der Waals surface area contributed by atoms with Gasteiger partial charge in [0.05, 0.1) is 41.2 Å². The van der Waals surface area contributed by atoms with Crippen molar-refractivity contribution in [3.63, 3.8) is 0 Å². The zero-order valence-electron chi connectivity index (χ0n) is 28.3. The lowest BCUT2D eigenvalue weighted by atomic mass is 10.2. The highest BCUT2D eigenvalue weighted by Gasteiger charge is 2.30. The number of aryl methyl sites for hydroxylation is 2. The Morgan fingerprint density at radius 2 is 1.64 bits per heavy atom. The Morgan fingerprint density at radius 3 is 2.24 bits per heavy atom. The SMILES string of the molecule is CCOc1ncc(S(=O)(=O)N2CCN(CC)CC2)cc1-c1nc2c(CC)n(Cc3ccccn3)nc2c(=O)[nH]1.Cc1ccc(S(=O)(=O)O)cc1. The predicted octanol–water partition coefficient (Wildman–Crippen LogP) is 3.15. The van der Waals surface area contributed by atoms with Crippen molar-refractivity contribution in [2.45, 2.75) is 50.5 Å². The van der Waals surface area contributed by atoms with Gasteiger partial charge in [-0.15, -0.1) is 0 Å². The number of aromatic nitrogens is 6. The van der Waals surface area contributed by atoms with Gasteiger partial charge in [0.25, 0.3) is 15.7 Å². The van der Waals surface area contributed by atoms with Crippen molar-refractivity contribution < 1.29 is 26.1 Å². The van der Waals surface area contributed by atoms with E-state index in [0.717, 1.165) is 23.5 Å². The molecule has 0 saturated carbocycles. The van der Waals surface area contributed by atoms with Crippen LogP contribution in [-0.4, -0.2) is 99.6 Å². The highest BCUT2D eigenvalue weighted by atomic mass is 32.2. The molecule has 1 fully saturated rings. The van der Waals surface area contributed by atoms with Crippen molar-refractivity contribution in [3.8, 4) is 17.3 Å². The van der Waals surface area contributed by atoms with Gasteiger partial charge in [-0.3, -0.25) is 19.0 Å². The van der Waals surface area contributed by atoms with Crippen LogP contribution in [0, 0.1) is 6.92 Å². The van der Waals surface area contributed by atoms with E-state index in [4.69, 9.17) is 14.3 Å². The molecule has 1 saturated heterocycles. The maximum Gasteiger partial charge on any atom is 0.294 e. The summed E-state index contributed by atoms with van der Waals surface area (Å²) in [6, 6.07) is 13.1. The predicted molar refractivity (Wildman–Crippen MR) is 187 cm³/mol. The smallest absolute Gasteiger partial charge is 0.294 e. The fraction of sp³-hybridized carbons (Fsp3) is 0.364. The molecule has 1 aromatic carbocycles. The number of benzene rings is 1. The van der Waals surface area contributed by atoms with Crippen LogP contribution < -0.4 is 10.3 Å². The highest BCUT2D eigenvalue weighted by Crippen LogP contribution is 2.30. The molecular weight excluding hydrogens is 685 g/mol. The number of fused-ring (bicyclic) bond motifs is 1. The van der Waals surface area contributed by atoms with Crippen molar-refractivity contribution in [2.24, 2.45) is 0 Å². The number of nitrogens with zero attached hydrogens (tertiary/aromatic N) is 7. The Balaban J connectivity index is 0.000000377. The van der Waals surface area contributed by atoms with Gasteiger partial charge in [-0.2, -0.15) is 17.8 Å². The average Bonchev–Trinajstić information content (AvgIpc) is 3.46. The Labute approximate surface area is 290 Å². The maximum atomic E-state index is 13.5. The quantitative estimate of drug-likeness (QED) is 0.200. The van der Waals surface area contributed by atoms with Crippen molar-refractivity contribution >= 4 is 31.2 Å². The van der Waals surface area contributed by atoms with Crippen molar-refractivity contribution in [1.82, 2.24) is 38.9 Å². The Morgan fingerprint density at radius 1 is 0.920 bits per heavy atom. The van der Waals surface area contributed by atoms with Crippen molar-refractivity contribution in [3.05, 3.63) is 88.2 Å². The van der Waals surface area contributed by atoms with Crippen LogP contribution in [0.2, 0.25) is 0 Å². The summed E-state index contributed by atoms with van der Waals surface area (Å²) >= 11 is 0. The second-order valence-corrected chi connectivity index (χ2v) is 14.8. The largest absolute Gasteiger partial charge is 0.477 e. The van der Waals surface area contributed by atoms with Crippen LogP contribution in [0.5, 0.6) is 5.88 Å². The van der Waals surface area contributed by atoms with E-state index in [1.165, 1.54) is 28.7 Å². The minimum Gasteiger partial charge on any atom is -0.477 e. The highest BCUT2D eigenvalue weighted by molar-refractivity contribution is 7.89. The van der Waals surface area contributed by atoms with E-state index in [-0.39, 0.29) is 27.0 Å². The molecule has 4 aromatic heterocycles. The zero-order valence-corrected chi connectivity index (χ0v) is 29.9. The molecule has 0 radical (unpaired) electrons. The number of H-pyrrole nitrogens is 1. The molecule has 5 aromatic rings. The molecule has 266 valence electrons. The van der Waals surface area contributed by atoms with E-state index in [1.54, 1.807) is 29.9 Å². The summed E-state index contributed by atoms with van der Waals surface area (Å²) in [6.07, 6.45) is 3.59. The summed E-state index contributed by atoms with van der Waals surface area (Å²) in [6.45, 7) is 11.4. The minimum atomic E-state index is -4.02. The summed E-state index contributed by atoms with van der Waals surface area (Å²) in [4.78, 5) is 31.5. The molecule has 0 aliphatic carbocycles. The number of hydrogen-bond donors (Lipinski definition) is 2. The van der Waals surface area contributed by atoms with Gasteiger partial charge in [0.2, 0.25) is 15.9 Å². The summed E-state index contributed by atoms with van der Waals surface area (Å²) in [5.41, 5.74) is 3.04. The van der Waals surface area contributed by atoms with E-state index in [0.29, 0.717) is 56.8 Å². The zero-order chi connectivity index (χ0) is 36.1. The van der Waals surface area contributed by atoms with E-state index in [9.17, 15) is 21.6 Å². The van der Waals surface area contributed by atoms with Gasteiger partial charge in [0.1, 0.15) is 16.2 Å². The molecule has 15 nitrogen and oxygen atoms in total. The monoisotopic (exact) mass is 724 g/mol. The third-order valence-corrected chi connectivity index (χ3v) is 10.9. The number of likely N-dealkylation sites (N-methyl/N-ethyl adjacent to an activating group) is 1. The van der Waals surface area contributed by atoms with Gasteiger partial charge in [0, 0.05) is 32.4 Å². The maximum absolute atomic E-state index is 13.5. The van der Waals surface area contributed by atoms with Crippen LogP contribution in [0.1, 0.15) is 37.7 Å². The number of rotatable bonds is 10. The molecular formula is C33H40N8O7S2. The summed E-state index contributed by atoms with van der Waals surface area (Å²) in [5.74, 6) is 0.358. The summed E-state index contributed by atoms with van der Waals surface area (Å²) in [7, 11) is -7.83. The normalized spacial score (nSPS) is 14.3. The van der Waals surface area contributed by atoms with Gasteiger partial charge >= 0.3 is 0 Å². The molecule has 5 heterocycles. The van der Waals surface area contributed by atoms with Crippen LogP contribution in [0.15, 0.2) is 75.5 Å². The van der Waals surface area contributed by atoms with Gasteiger partial charge in [-0.05, 0) is 57.1 Å². The van der Waals surface area contributed by atoms with E-state index in [2.05, 4.69) is 31.9 Å². The van der Waals surface area contributed by atoms with Crippen LogP contribution in [0.4, 0.5) is 0 Å². The number of piperazine rings is 1. The van der Waals surface area contributed by atoms with Gasteiger partial charge < -0.3 is 14.6 Å². The number of aromatic amines is 1. The molecule has 0 unspecified atom stereocenters. The van der Waals surface area contributed by atoms with Gasteiger partial charge in [-0.1, -0.05) is 37.6 Å². The third kappa shape index (κ3) is 8.24. The van der Waals surface area contributed by atoms with Crippen LogP contribution in [0.25, 0.3) is 22.4 Å². The lowest BCUT2D eigenvalue weighted by Gasteiger charge is -2.33. The average molecular weight is 725 g/mol. The van der Waals surface area contributed by atoms with Crippen molar-refractivity contribution in [2.75, 3.05) is 39.3 Å². The second-order valence-electron chi connectivity index (χ2n) is 11.5. The van der Waals surface area contributed by atoms with Gasteiger partial charge in [-0.25, -0.2) is 18.4 Å². The number of hydrogen-bond acceptors (Lipinski definition) is 11. The Hall–Kier alpha value is -4.55. The third-order valence-electron chi connectivity index (χ3n) is 8.17. The molecule has 1 aliphatic heterocycles. The minimum absolute atomic E-state index is 0.0233. The summed E-state index contributed by atoms with van der Waals surface area (Å²) < 4.78 is 65.5. The number of sulfonamides is 1. The fourth-order valence-corrected chi connectivity index (χ4v) is 7.33. The first-order valence-electron chi connectivity index (χ1n) is 16.1. The first kappa shape index (κ1) is 36.7. The number of ether oxygens (including phenoxy) is 1. The molecule has 17 heteroatoms. The Kier molecular flexibility index (Phi) is 11.4. The first-order valence-corrected chi connectivity index (χ1v) is 19.0. The van der Waals surface area contributed by atoms with Gasteiger partial charge in [0.15, 0.2) is 5.52 Å². The van der Waals surface area contributed by atoms with Crippen LogP contribution in [0.3, 0.4) is 0 Å². The van der Waals surface area contributed by atoms with Crippen molar-refractivity contribution in [1.29, 1.82) is 0 Å². The van der Waals surface area contributed by atoms with E-state index >= 15 is 0 Å². The lowest BCUT2D eigenvalue weighted by molar-refractivity contribution is 0.196. The number of pyridine rings is 2. The first-order chi connectivity index (χ1) is 23.8. The van der Waals surface area contributed by atoms with E-state index < -0.39 is 25.7 Å². The topological polar surface area (TPSA) is 194 Å². The van der Waals surface area contributed by atoms with E-state index in [1.807, 2.05) is 32.0 Å². The molecule has 50 heavy (non-hydrogen) atoms.